The highest BCUT2D eigenvalue weighted by Gasteiger charge is 2.33. The van der Waals surface area contributed by atoms with Gasteiger partial charge in [0, 0.05) is 31.3 Å². The number of benzene rings is 2. The minimum absolute atomic E-state index is 0.0306. The molecule has 1 aliphatic rings. The van der Waals surface area contributed by atoms with Gasteiger partial charge in [0.1, 0.15) is 12.4 Å². The molecule has 2 unspecified atom stereocenters. The average molecular weight is 485 g/mol. The van der Waals surface area contributed by atoms with Crippen LogP contribution in [0.15, 0.2) is 66.1 Å². The third-order valence-corrected chi connectivity index (χ3v) is 6.96. The van der Waals surface area contributed by atoms with E-state index in [1.54, 1.807) is 18.5 Å². The van der Waals surface area contributed by atoms with Gasteiger partial charge in [-0.3, -0.25) is 0 Å². The summed E-state index contributed by atoms with van der Waals surface area (Å²) in [6.07, 6.45) is 3.08. The van der Waals surface area contributed by atoms with Crippen LogP contribution in [0.25, 0.3) is 0 Å². The first-order chi connectivity index (χ1) is 16.4. The van der Waals surface area contributed by atoms with Gasteiger partial charge in [-0.05, 0) is 30.5 Å². The molecule has 2 aromatic carbocycles. The molecule has 0 spiro atoms. The third-order valence-electron chi connectivity index (χ3n) is 5.68. The smallest absolute Gasteiger partial charge is 0.407 e. The zero-order chi connectivity index (χ0) is 24.1. The van der Waals surface area contributed by atoms with Gasteiger partial charge < -0.3 is 19.4 Å². The molecule has 0 radical (unpaired) electrons. The Hall–Kier alpha value is -3.37. The second kappa shape index (κ2) is 10.3. The highest BCUT2D eigenvalue weighted by molar-refractivity contribution is 7.89. The van der Waals surface area contributed by atoms with E-state index in [4.69, 9.17) is 9.47 Å². The van der Waals surface area contributed by atoms with E-state index in [1.165, 1.54) is 12.5 Å². The molecule has 0 bridgehead atoms. The van der Waals surface area contributed by atoms with Gasteiger partial charge in [-0.25, -0.2) is 22.9 Å². The summed E-state index contributed by atoms with van der Waals surface area (Å²) in [6.45, 7) is 2.45. The number of aryl methyl sites for hydroxylation is 1. The Bertz CT molecular complexity index is 1240. The predicted octanol–water partition coefficient (Wildman–Crippen LogP) is 2.73. The standard InChI is InChI=1S/C24H28N4O5S/c1-3-32-24(29)27-21-15-33-22-10-9-18(13-26-34(30,31)23-14-28(2)16-25-23)12-20(22)19(21)11-17-7-5-4-6-8-17/h4-10,12,14,16,19,21,26H,3,11,13,15H2,1-2H3,(H,27,29). The van der Waals surface area contributed by atoms with Crippen molar-refractivity contribution in [1.29, 1.82) is 0 Å². The molecule has 2 atom stereocenters. The molecule has 2 N–H and O–H groups in total. The summed E-state index contributed by atoms with van der Waals surface area (Å²) < 4.78 is 40.3. The van der Waals surface area contributed by atoms with E-state index in [0.29, 0.717) is 13.0 Å². The highest BCUT2D eigenvalue weighted by Crippen LogP contribution is 2.37. The number of carbonyl (C=O) groups excluding carboxylic acids is 1. The summed E-state index contributed by atoms with van der Waals surface area (Å²) in [5.74, 6) is 0.641. The van der Waals surface area contributed by atoms with E-state index in [1.807, 2.05) is 48.5 Å². The minimum atomic E-state index is -3.74. The Balaban J connectivity index is 1.58. The molecule has 2 heterocycles. The van der Waals surface area contributed by atoms with Crippen molar-refractivity contribution in [3.05, 3.63) is 77.7 Å². The fourth-order valence-electron chi connectivity index (χ4n) is 4.01. The van der Waals surface area contributed by atoms with Gasteiger partial charge >= 0.3 is 6.09 Å². The molecular formula is C24H28N4O5S. The molecule has 0 saturated heterocycles. The summed E-state index contributed by atoms with van der Waals surface area (Å²) in [7, 11) is -2.03. The van der Waals surface area contributed by atoms with Crippen molar-refractivity contribution in [2.45, 2.75) is 36.9 Å². The Morgan fingerprint density at radius 1 is 1.21 bits per heavy atom. The summed E-state index contributed by atoms with van der Waals surface area (Å²) >= 11 is 0. The molecule has 10 heteroatoms. The van der Waals surface area contributed by atoms with Crippen LogP contribution in [0.1, 0.15) is 29.5 Å². The van der Waals surface area contributed by atoms with Crippen LogP contribution in [0.5, 0.6) is 5.75 Å². The van der Waals surface area contributed by atoms with Gasteiger partial charge in [-0.1, -0.05) is 42.5 Å². The lowest BCUT2D eigenvalue weighted by Gasteiger charge is -2.34. The predicted molar refractivity (Wildman–Crippen MR) is 126 cm³/mol. The summed E-state index contributed by atoms with van der Waals surface area (Å²) in [5.41, 5.74) is 2.81. The Morgan fingerprint density at radius 2 is 2.00 bits per heavy atom. The number of nitrogens with one attached hydrogen (secondary N) is 2. The first kappa shape index (κ1) is 23.8. The molecule has 1 aliphatic heterocycles. The fraction of sp³-hybridized carbons (Fsp3) is 0.333. The van der Waals surface area contributed by atoms with Crippen molar-refractivity contribution in [1.82, 2.24) is 19.6 Å². The number of amides is 1. The number of ether oxygens (including phenoxy) is 2. The van der Waals surface area contributed by atoms with Crippen molar-refractivity contribution in [2.75, 3.05) is 13.2 Å². The molecule has 0 aliphatic carbocycles. The first-order valence-corrected chi connectivity index (χ1v) is 12.5. The molecule has 4 rings (SSSR count). The lowest BCUT2D eigenvalue weighted by Crippen LogP contribution is -2.46. The minimum Gasteiger partial charge on any atom is -0.491 e. The molecule has 9 nitrogen and oxygen atoms in total. The van der Waals surface area contributed by atoms with Crippen LogP contribution in [-0.2, 0) is 34.8 Å². The van der Waals surface area contributed by atoms with Gasteiger partial charge in [0.25, 0.3) is 10.0 Å². The van der Waals surface area contributed by atoms with Crippen molar-refractivity contribution >= 4 is 16.1 Å². The number of nitrogens with zero attached hydrogens (tertiary/aromatic N) is 2. The lowest BCUT2D eigenvalue weighted by molar-refractivity contribution is 0.135. The van der Waals surface area contributed by atoms with Gasteiger partial charge in [-0.2, -0.15) is 0 Å². The summed E-state index contributed by atoms with van der Waals surface area (Å²) in [5, 5.41) is 2.89. The topological polar surface area (TPSA) is 112 Å². The van der Waals surface area contributed by atoms with Gasteiger partial charge in [-0.15, -0.1) is 0 Å². The zero-order valence-corrected chi connectivity index (χ0v) is 19.9. The third kappa shape index (κ3) is 5.57. The van der Waals surface area contributed by atoms with E-state index in [-0.39, 0.29) is 30.1 Å². The van der Waals surface area contributed by atoms with Crippen LogP contribution in [-0.4, -0.2) is 43.3 Å². The molecule has 1 amide bonds. The highest BCUT2D eigenvalue weighted by atomic mass is 32.2. The van der Waals surface area contributed by atoms with Crippen LogP contribution >= 0.6 is 0 Å². The van der Waals surface area contributed by atoms with Crippen LogP contribution in [0.4, 0.5) is 4.79 Å². The second-order valence-corrected chi connectivity index (χ2v) is 9.87. The SMILES string of the molecule is CCOC(=O)NC1COc2ccc(CNS(=O)(=O)c3cn(C)cn3)cc2C1Cc1ccccc1. The fourth-order valence-corrected chi connectivity index (χ4v) is 5.00. The monoisotopic (exact) mass is 484 g/mol. The number of alkyl carbamates (subject to hydrolysis) is 1. The number of imidazole rings is 1. The molecule has 0 fully saturated rings. The number of fused-ring (bicyclic) bond motifs is 1. The number of hydrogen-bond donors (Lipinski definition) is 2. The van der Waals surface area contributed by atoms with Crippen molar-refractivity contribution in [3.63, 3.8) is 0 Å². The van der Waals surface area contributed by atoms with Crippen molar-refractivity contribution < 1.29 is 22.7 Å². The molecule has 34 heavy (non-hydrogen) atoms. The van der Waals surface area contributed by atoms with E-state index in [0.717, 1.165) is 22.4 Å². The first-order valence-electron chi connectivity index (χ1n) is 11.1. The number of hydrogen-bond acceptors (Lipinski definition) is 6. The van der Waals surface area contributed by atoms with Crippen LogP contribution in [0, 0.1) is 0 Å². The van der Waals surface area contributed by atoms with Crippen LogP contribution < -0.4 is 14.8 Å². The van der Waals surface area contributed by atoms with Crippen LogP contribution in [0.2, 0.25) is 0 Å². The molecular weight excluding hydrogens is 456 g/mol. The number of aromatic nitrogens is 2. The maximum Gasteiger partial charge on any atom is 0.407 e. The normalized spacial score (nSPS) is 17.5. The lowest BCUT2D eigenvalue weighted by atomic mass is 9.83. The van der Waals surface area contributed by atoms with E-state index >= 15 is 0 Å². The van der Waals surface area contributed by atoms with E-state index in [2.05, 4.69) is 15.0 Å². The average Bonchev–Trinajstić information content (AvgIpc) is 3.27. The van der Waals surface area contributed by atoms with Crippen molar-refractivity contribution in [2.24, 2.45) is 7.05 Å². The molecule has 1 aromatic heterocycles. The van der Waals surface area contributed by atoms with E-state index < -0.39 is 16.1 Å². The number of sulfonamides is 1. The Morgan fingerprint density at radius 3 is 2.71 bits per heavy atom. The van der Waals surface area contributed by atoms with Gasteiger partial charge in [0.15, 0.2) is 5.03 Å². The van der Waals surface area contributed by atoms with Crippen molar-refractivity contribution in [3.8, 4) is 5.75 Å². The Kier molecular flexibility index (Phi) is 7.18. The number of rotatable bonds is 8. The molecule has 0 saturated carbocycles. The maximum atomic E-state index is 12.6. The van der Waals surface area contributed by atoms with Gasteiger partial charge in [0.2, 0.25) is 0 Å². The molecule has 3 aromatic rings. The van der Waals surface area contributed by atoms with Gasteiger partial charge in [0.05, 0.1) is 19.0 Å². The van der Waals surface area contributed by atoms with Crippen LogP contribution in [0.3, 0.4) is 0 Å². The maximum absolute atomic E-state index is 12.6. The van der Waals surface area contributed by atoms with E-state index in [9.17, 15) is 13.2 Å². The quantitative estimate of drug-likeness (QED) is 0.509. The molecule has 180 valence electrons. The summed E-state index contributed by atoms with van der Waals surface area (Å²) in [6, 6.07) is 15.3. The zero-order valence-electron chi connectivity index (χ0n) is 19.1. The number of carbonyl (C=O) groups is 1. The largest absolute Gasteiger partial charge is 0.491 e. The summed E-state index contributed by atoms with van der Waals surface area (Å²) in [4.78, 5) is 16.1. The Labute approximate surface area is 199 Å². The second-order valence-electron chi connectivity index (χ2n) is 8.15.